The van der Waals surface area contributed by atoms with Crippen LogP contribution in [-0.2, 0) is 9.53 Å². The number of carbonyl (C=O) groups is 2. The molecule has 0 spiro atoms. The lowest BCUT2D eigenvalue weighted by molar-refractivity contribution is -0.116. The quantitative estimate of drug-likeness (QED) is 0.707. The molecular weight excluding hydrogens is 392 g/mol. The average molecular weight is 429 g/mol. The van der Waals surface area contributed by atoms with Crippen molar-refractivity contribution in [1.82, 2.24) is 10.2 Å². The maximum absolute atomic E-state index is 13.1. The summed E-state index contributed by atoms with van der Waals surface area (Å²) in [5.74, 6) is -0.203. The minimum absolute atomic E-state index is 0.0957. The Kier molecular flexibility index (Phi) is 7.10. The molecular formula is C25H36N2O4. The van der Waals surface area contributed by atoms with Crippen LogP contribution in [0.25, 0.3) is 6.08 Å². The van der Waals surface area contributed by atoms with E-state index in [4.69, 9.17) is 4.74 Å². The Hall–Kier alpha value is -2.34. The Bertz CT molecular complexity index is 801. The zero-order valence-corrected chi connectivity index (χ0v) is 19.1. The number of nitrogens with zero attached hydrogens (tertiary/aromatic N) is 1. The Morgan fingerprint density at radius 2 is 1.90 bits per heavy atom. The van der Waals surface area contributed by atoms with Gasteiger partial charge in [-0.3, -0.25) is 9.69 Å². The van der Waals surface area contributed by atoms with Gasteiger partial charge in [0.2, 0.25) is 5.91 Å². The number of hydrogen-bond donors (Lipinski definition) is 2. The summed E-state index contributed by atoms with van der Waals surface area (Å²) in [6.07, 6.45) is 6.59. The molecule has 0 radical (unpaired) electrons. The topological polar surface area (TPSA) is 78.9 Å². The van der Waals surface area contributed by atoms with Crippen molar-refractivity contribution in [2.24, 2.45) is 5.41 Å². The van der Waals surface area contributed by atoms with Crippen LogP contribution in [0.5, 0.6) is 0 Å². The summed E-state index contributed by atoms with van der Waals surface area (Å²) in [4.78, 5) is 27.3. The Morgan fingerprint density at radius 3 is 2.58 bits per heavy atom. The van der Waals surface area contributed by atoms with Gasteiger partial charge in [-0.25, -0.2) is 4.79 Å². The highest BCUT2D eigenvalue weighted by Gasteiger charge is 2.55. The van der Waals surface area contributed by atoms with Crippen molar-refractivity contribution in [2.45, 2.75) is 83.6 Å². The summed E-state index contributed by atoms with van der Waals surface area (Å²) in [6, 6.07) is 9.32. The van der Waals surface area contributed by atoms with Gasteiger partial charge in [0.05, 0.1) is 12.1 Å². The van der Waals surface area contributed by atoms with E-state index in [9.17, 15) is 14.7 Å². The minimum atomic E-state index is -0.606. The van der Waals surface area contributed by atoms with Gasteiger partial charge in [0.15, 0.2) is 0 Å². The first-order chi connectivity index (χ1) is 14.6. The van der Waals surface area contributed by atoms with Crippen LogP contribution in [0.3, 0.4) is 0 Å². The second-order valence-electron chi connectivity index (χ2n) is 10.1. The van der Waals surface area contributed by atoms with Crippen LogP contribution in [-0.4, -0.2) is 52.3 Å². The third-order valence-corrected chi connectivity index (χ3v) is 6.48. The minimum Gasteiger partial charge on any atom is -0.444 e. The lowest BCUT2D eigenvalue weighted by atomic mass is 9.75. The molecule has 170 valence electrons. The molecule has 2 fully saturated rings. The summed E-state index contributed by atoms with van der Waals surface area (Å²) in [6.45, 7) is 7.96. The van der Waals surface area contributed by atoms with E-state index in [-0.39, 0.29) is 24.1 Å². The molecule has 6 heteroatoms. The molecule has 6 nitrogen and oxygen atoms in total. The SMILES string of the molecule is CC(C)(C)OC(=O)N1[C@@H](CNC(=O)/C=C/c2ccccc2)C[C@@]2(C)[C@@H](O)CCCC[C@@H]12. The molecule has 31 heavy (non-hydrogen) atoms. The predicted molar refractivity (Wildman–Crippen MR) is 121 cm³/mol. The number of benzene rings is 1. The van der Waals surface area contributed by atoms with Crippen LogP contribution in [0, 0.1) is 5.41 Å². The van der Waals surface area contributed by atoms with Gasteiger partial charge >= 0.3 is 6.09 Å². The summed E-state index contributed by atoms with van der Waals surface area (Å²) < 4.78 is 5.71. The zero-order valence-electron chi connectivity index (χ0n) is 19.1. The van der Waals surface area contributed by atoms with Crippen LogP contribution in [0.15, 0.2) is 36.4 Å². The van der Waals surface area contributed by atoms with E-state index in [1.807, 2.05) is 51.1 Å². The standard InChI is InChI=1S/C25H36N2O4/c1-24(2,3)31-23(30)27-19(16-25(4)20(27)12-8-9-13-21(25)28)17-26-22(29)15-14-18-10-6-5-7-11-18/h5-7,10-11,14-15,19-21,28H,8-9,12-13,16-17H2,1-4H3,(H,26,29)/b15-14+/t19-,20-,21+,25-/m1/s1. The number of rotatable bonds is 4. The molecule has 1 aliphatic carbocycles. The van der Waals surface area contributed by atoms with Gasteiger partial charge in [-0.05, 0) is 51.7 Å². The first-order valence-corrected chi connectivity index (χ1v) is 11.3. The first kappa shape index (κ1) is 23.3. The second kappa shape index (κ2) is 9.43. The van der Waals surface area contributed by atoms with Gasteiger partial charge in [-0.15, -0.1) is 0 Å². The molecule has 2 amide bonds. The highest BCUT2D eigenvalue weighted by Crippen LogP contribution is 2.48. The fourth-order valence-corrected chi connectivity index (χ4v) is 4.92. The van der Waals surface area contributed by atoms with Gasteiger partial charge < -0.3 is 15.2 Å². The van der Waals surface area contributed by atoms with Crippen molar-refractivity contribution < 1.29 is 19.4 Å². The molecule has 0 unspecified atom stereocenters. The van der Waals surface area contributed by atoms with E-state index in [1.54, 1.807) is 11.0 Å². The molecule has 1 saturated carbocycles. The number of carbonyl (C=O) groups excluding carboxylic acids is 2. The van der Waals surface area contributed by atoms with Crippen molar-refractivity contribution in [3.05, 3.63) is 42.0 Å². The van der Waals surface area contributed by atoms with E-state index in [0.717, 1.165) is 31.2 Å². The Balaban J connectivity index is 1.74. The van der Waals surface area contributed by atoms with E-state index < -0.39 is 17.1 Å². The van der Waals surface area contributed by atoms with E-state index in [2.05, 4.69) is 12.2 Å². The summed E-state index contributed by atoms with van der Waals surface area (Å²) in [7, 11) is 0. The van der Waals surface area contributed by atoms with Crippen molar-refractivity contribution in [3.63, 3.8) is 0 Å². The van der Waals surface area contributed by atoms with Gasteiger partial charge in [-0.1, -0.05) is 50.1 Å². The monoisotopic (exact) mass is 428 g/mol. The van der Waals surface area contributed by atoms with Crippen molar-refractivity contribution in [2.75, 3.05) is 6.54 Å². The third-order valence-electron chi connectivity index (χ3n) is 6.48. The van der Waals surface area contributed by atoms with Gasteiger partial charge in [-0.2, -0.15) is 0 Å². The largest absolute Gasteiger partial charge is 0.444 e. The van der Waals surface area contributed by atoms with Crippen molar-refractivity contribution in [1.29, 1.82) is 0 Å². The molecule has 1 heterocycles. The van der Waals surface area contributed by atoms with Crippen LogP contribution in [0.1, 0.15) is 65.4 Å². The van der Waals surface area contributed by atoms with Crippen LogP contribution in [0.4, 0.5) is 4.79 Å². The molecule has 3 rings (SSSR count). The summed E-state index contributed by atoms with van der Waals surface area (Å²) in [5.41, 5.74) is -0.0549. The molecule has 4 atom stereocenters. The summed E-state index contributed by atoms with van der Waals surface area (Å²) in [5, 5.41) is 13.8. The average Bonchev–Trinajstić information content (AvgIpc) is 2.92. The maximum atomic E-state index is 13.1. The van der Waals surface area contributed by atoms with Gasteiger partial charge in [0.1, 0.15) is 5.60 Å². The fraction of sp³-hybridized carbons (Fsp3) is 0.600. The number of ether oxygens (including phenoxy) is 1. The number of aliphatic hydroxyl groups is 1. The van der Waals surface area contributed by atoms with Gasteiger partial charge in [0, 0.05) is 24.1 Å². The lowest BCUT2D eigenvalue weighted by Gasteiger charge is -2.37. The summed E-state index contributed by atoms with van der Waals surface area (Å²) >= 11 is 0. The van der Waals surface area contributed by atoms with Crippen molar-refractivity contribution >= 4 is 18.1 Å². The number of likely N-dealkylation sites (tertiary alicyclic amines) is 1. The number of hydrogen-bond acceptors (Lipinski definition) is 4. The number of aliphatic hydroxyl groups excluding tert-OH is 1. The van der Waals surface area contributed by atoms with E-state index >= 15 is 0 Å². The predicted octanol–water partition coefficient (Wildman–Crippen LogP) is 4.14. The van der Waals surface area contributed by atoms with E-state index in [1.165, 1.54) is 6.08 Å². The molecule has 1 aliphatic heterocycles. The first-order valence-electron chi connectivity index (χ1n) is 11.3. The molecule has 2 aliphatic rings. The van der Waals surface area contributed by atoms with Gasteiger partial charge in [0.25, 0.3) is 0 Å². The number of amides is 2. The molecule has 2 N–H and O–H groups in total. The highest BCUT2D eigenvalue weighted by molar-refractivity contribution is 5.91. The Labute approximate surface area is 185 Å². The number of nitrogens with one attached hydrogen (secondary N) is 1. The molecule has 0 bridgehead atoms. The van der Waals surface area contributed by atoms with Crippen LogP contribution in [0.2, 0.25) is 0 Å². The highest BCUT2D eigenvalue weighted by atomic mass is 16.6. The molecule has 0 aromatic heterocycles. The van der Waals surface area contributed by atoms with Crippen LogP contribution < -0.4 is 5.32 Å². The lowest BCUT2D eigenvalue weighted by Crippen LogP contribution is -2.50. The smallest absolute Gasteiger partial charge is 0.410 e. The zero-order chi connectivity index (χ0) is 22.6. The third kappa shape index (κ3) is 5.67. The molecule has 1 aromatic rings. The number of fused-ring (bicyclic) bond motifs is 1. The second-order valence-corrected chi connectivity index (χ2v) is 10.1. The maximum Gasteiger partial charge on any atom is 0.410 e. The normalized spacial score (nSPS) is 28.8. The van der Waals surface area contributed by atoms with Crippen molar-refractivity contribution in [3.8, 4) is 0 Å². The Morgan fingerprint density at radius 1 is 1.23 bits per heavy atom. The fourth-order valence-electron chi connectivity index (χ4n) is 4.92. The molecule has 1 saturated heterocycles. The van der Waals surface area contributed by atoms with Crippen LogP contribution >= 0.6 is 0 Å². The molecule has 1 aromatic carbocycles. The van der Waals surface area contributed by atoms with E-state index in [0.29, 0.717) is 13.0 Å².